The fourth-order valence-electron chi connectivity index (χ4n) is 1.37. The molecule has 15 heavy (non-hydrogen) atoms. The van der Waals surface area contributed by atoms with E-state index in [1.54, 1.807) is 22.2 Å². The first-order valence-electron chi connectivity index (χ1n) is 4.45. The van der Waals surface area contributed by atoms with Crippen LogP contribution in [0.3, 0.4) is 0 Å². The van der Waals surface area contributed by atoms with Gasteiger partial charge in [0.25, 0.3) is 0 Å². The van der Waals surface area contributed by atoms with Crippen molar-refractivity contribution >= 4 is 22.9 Å². The minimum atomic E-state index is -0.254. The van der Waals surface area contributed by atoms with Crippen molar-refractivity contribution in [2.45, 2.75) is 13.0 Å². The molecule has 0 fully saturated rings. The number of nitrogens with two attached hydrogens (primary N) is 1. The van der Waals surface area contributed by atoms with E-state index in [-0.39, 0.29) is 6.04 Å². The van der Waals surface area contributed by atoms with Gasteiger partial charge < -0.3 is 5.73 Å². The zero-order chi connectivity index (χ0) is 11.0. The Bertz CT molecular complexity index is 476. The predicted molar refractivity (Wildman–Crippen MR) is 61.1 cm³/mol. The van der Waals surface area contributed by atoms with Crippen LogP contribution < -0.4 is 5.73 Å². The summed E-state index contributed by atoms with van der Waals surface area (Å²) in [6.45, 7) is 1.97. The molecule has 0 saturated heterocycles. The molecular formula is C9H11ClN4S. The van der Waals surface area contributed by atoms with Crippen molar-refractivity contribution < 1.29 is 0 Å². The lowest BCUT2D eigenvalue weighted by Crippen LogP contribution is -2.15. The largest absolute Gasteiger partial charge is 0.318 e. The number of aryl methyl sites for hydroxylation is 2. The van der Waals surface area contributed by atoms with Crippen molar-refractivity contribution in [3.05, 3.63) is 32.7 Å². The molecule has 80 valence electrons. The van der Waals surface area contributed by atoms with Gasteiger partial charge in [0.1, 0.15) is 0 Å². The minimum absolute atomic E-state index is 0.254. The quantitative estimate of drug-likeness (QED) is 0.875. The second-order valence-electron chi connectivity index (χ2n) is 3.36. The SMILES string of the molecule is Cc1csc(C(N)c2cnnn2C)c1Cl. The van der Waals surface area contributed by atoms with Gasteiger partial charge in [0.15, 0.2) is 0 Å². The van der Waals surface area contributed by atoms with Gasteiger partial charge in [-0.05, 0) is 17.9 Å². The van der Waals surface area contributed by atoms with Crippen LogP contribution in [0.4, 0.5) is 0 Å². The fraction of sp³-hybridized carbons (Fsp3) is 0.333. The Kier molecular flexibility index (Phi) is 2.77. The lowest BCUT2D eigenvalue weighted by atomic mass is 10.2. The van der Waals surface area contributed by atoms with Crippen LogP contribution in [-0.4, -0.2) is 15.0 Å². The molecule has 1 atom stereocenters. The van der Waals surface area contributed by atoms with Crippen molar-refractivity contribution in [2.24, 2.45) is 12.8 Å². The molecule has 0 aliphatic rings. The van der Waals surface area contributed by atoms with Crippen molar-refractivity contribution in [1.82, 2.24) is 15.0 Å². The summed E-state index contributed by atoms with van der Waals surface area (Å²) in [6, 6.07) is -0.254. The number of halogens is 1. The third-order valence-electron chi connectivity index (χ3n) is 2.28. The average Bonchev–Trinajstić information content (AvgIpc) is 2.75. The molecule has 0 amide bonds. The van der Waals surface area contributed by atoms with E-state index in [1.165, 1.54) is 0 Å². The summed E-state index contributed by atoms with van der Waals surface area (Å²) in [5.41, 5.74) is 8.02. The first-order chi connectivity index (χ1) is 7.11. The summed E-state index contributed by atoms with van der Waals surface area (Å²) in [5, 5.41) is 10.4. The molecule has 2 rings (SSSR count). The molecular weight excluding hydrogens is 232 g/mol. The zero-order valence-corrected chi connectivity index (χ0v) is 10.0. The summed E-state index contributed by atoms with van der Waals surface area (Å²) in [6.07, 6.45) is 1.66. The second kappa shape index (κ2) is 3.92. The van der Waals surface area contributed by atoms with Crippen LogP contribution in [0, 0.1) is 6.92 Å². The van der Waals surface area contributed by atoms with Crippen LogP contribution in [0.2, 0.25) is 5.02 Å². The van der Waals surface area contributed by atoms with Gasteiger partial charge in [-0.25, -0.2) is 0 Å². The van der Waals surface area contributed by atoms with Crippen LogP contribution in [0.1, 0.15) is 22.2 Å². The molecule has 0 spiro atoms. The first-order valence-corrected chi connectivity index (χ1v) is 5.70. The Hall–Kier alpha value is -0.910. The van der Waals surface area contributed by atoms with E-state index in [9.17, 15) is 0 Å². The van der Waals surface area contributed by atoms with Gasteiger partial charge in [-0.1, -0.05) is 16.8 Å². The van der Waals surface area contributed by atoms with E-state index < -0.39 is 0 Å². The molecule has 6 heteroatoms. The van der Waals surface area contributed by atoms with Crippen LogP contribution in [0.15, 0.2) is 11.6 Å². The number of nitrogens with zero attached hydrogens (tertiary/aromatic N) is 3. The third-order valence-corrected chi connectivity index (χ3v) is 4.07. The topological polar surface area (TPSA) is 56.7 Å². The Morgan fingerprint density at radius 2 is 2.33 bits per heavy atom. The van der Waals surface area contributed by atoms with Crippen molar-refractivity contribution in [3.8, 4) is 0 Å². The maximum absolute atomic E-state index is 6.15. The number of rotatable bonds is 2. The summed E-state index contributed by atoms with van der Waals surface area (Å²) in [4.78, 5) is 0.958. The molecule has 0 bridgehead atoms. The molecule has 2 heterocycles. The maximum atomic E-state index is 6.15. The number of aromatic nitrogens is 3. The molecule has 2 aromatic rings. The highest BCUT2D eigenvalue weighted by Gasteiger charge is 2.18. The Morgan fingerprint density at radius 3 is 2.80 bits per heavy atom. The normalized spacial score (nSPS) is 13.1. The minimum Gasteiger partial charge on any atom is -0.318 e. The molecule has 0 radical (unpaired) electrons. The standard InChI is InChI=1S/C9H11ClN4S/c1-5-4-15-9(7(5)10)8(11)6-3-12-13-14(6)2/h3-4,8H,11H2,1-2H3. The average molecular weight is 243 g/mol. The summed E-state index contributed by atoms with van der Waals surface area (Å²) in [5.74, 6) is 0. The second-order valence-corrected chi connectivity index (χ2v) is 4.65. The molecule has 2 aromatic heterocycles. The monoisotopic (exact) mass is 242 g/mol. The van der Waals surface area contributed by atoms with E-state index in [4.69, 9.17) is 17.3 Å². The highest BCUT2D eigenvalue weighted by Crippen LogP contribution is 2.33. The zero-order valence-electron chi connectivity index (χ0n) is 8.44. The van der Waals surface area contributed by atoms with E-state index in [0.29, 0.717) is 0 Å². The molecule has 1 unspecified atom stereocenters. The van der Waals surface area contributed by atoms with Crippen LogP contribution in [-0.2, 0) is 7.05 Å². The smallest absolute Gasteiger partial charge is 0.0848 e. The molecule has 0 aliphatic carbocycles. The van der Waals surface area contributed by atoms with Crippen LogP contribution >= 0.6 is 22.9 Å². The molecule has 0 saturated carbocycles. The number of hydrogen-bond donors (Lipinski definition) is 1. The number of hydrogen-bond acceptors (Lipinski definition) is 4. The van der Waals surface area contributed by atoms with Gasteiger partial charge in [0.05, 0.1) is 23.0 Å². The summed E-state index contributed by atoms with van der Waals surface area (Å²) in [7, 11) is 1.82. The summed E-state index contributed by atoms with van der Waals surface area (Å²) >= 11 is 7.72. The molecule has 4 nitrogen and oxygen atoms in total. The van der Waals surface area contributed by atoms with Crippen LogP contribution in [0.25, 0.3) is 0 Å². The number of thiophene rings is 1. The van der Waals surface area contributed by atoms with Gasteiger partial charge >= 0.3 is 0 Å². The van der Waals surface area contributed by atoms with Crippen molar-refractivity contribution in [3.63, 3.8) is 0 Å². The summed E-state index contributed by atoms with van der Waals surface area (Å²) < 4.78 is 1.66. The highest BCUT2D eigenvalue weighted by molar-refractivity contribution is 7.10. The van der Waals surface area contributed by atoms with Gasteiger partial charge in [0.2, 0.25) is 0 Å². The predicted octanol–water partition coefficient (Wildman–Crippen LogP) is 1.89. The van der Waals surface area contributed by atoms with Gasteiger partial charge in [0, 0.05) is 11.9 Å². The Balaban J connectivity index is 2.41. The van der Waals surface area contributed by atoms with Crippen molar-refractivity contribution in [1.29, 1.82) is 0 Å². The first kappa shape index (κ1) is 10.6. The molecule has 0 aromatic carbocycles. The lowest BCUT2D eigenvalue weighted by Gasteiger charge is -2.09. The van der Waals surface area contributed by atoms with E-state index in [0.717, 1.165) is 21.2 Å². The Labute approximate surface area is 96.7 Å². The maximum Gasteiger partial charge on any atom is 0.0848 e. The van der Waals surface area contributed by atoms with E-state index >= 15 is 0 Å². The fourth-order valence-corrected chi connectivity index (χ4v) is 2.70. The van der Waals surface area contributed by atoms with E-state index in [2.05, 4.69) is 10.3 Å². The molecule has 2 N–H and O–H groups in total. The third kappa shape index (κ3) is 1.78. The van der Waals surface area contributed by atoms with Gasteiger partial charge in [-0.2, -0.15) is 0 Å². The highest BCUT2D eigenvalue weighted by atomic mass is 35.5. The van der Waals surface area contributed by atoms with Gasteiger partial charge in [-0.15, -0.1) is 16.4 Å². The van der Waals surface area contributed by atoms with Crippen molar-refractivity contribution in [2.75, 3.05) is 0 Å². The van der Waals surface area contributed by atoms with E-state index in [1.807, 2.05) is 19.4 Å². The molecule has 0 aliphatic heterocycles. The Morgan fingerprint density at radius 1 is 1.60 bits per heavy atom. The lowest BCUT2D eigenvalue weighted by molar-refractivity contribution is 0.654. The van der Waals surface area contributed by atoms with Gasteiger partial charge in [-0.3, -0.25) is 4.68 Å². The van der Waals surface area contributed by atoms with Crippen LogP contribution in [0.5, 0.6) is 0 Å².